The van der Waals surface area contributed by atoms with Crippen molar-refractivity contribution < 1.29 is 32.6 Å². The molecule has 2 unspecified atom stereocenters. The molecule has 14 heteroatoms. The van der Waals surface area contributed by atoms with E-state index in [4.69, 9.17) is 9.73 Å². The summed E-state index contributed by atoms with van der Waals surface area (Å²) in [7, 11) is 0. The molecule has 3 aliphatic rings. The van der Waals surface area contributed by atoms with Gasteiger partial charge in [0.15, 0.2) is 10.8 Å². The molecule has 3 atom stereocenters. The molecule has 3 aliphatic heterocycles. The molecule has 5 rings (SSSR count). The summed E-state index contributed by atoms with van der Waals surface area (Å²) >= 11 is 1.32. The average Bonchev–Trinajstić information content (AvgIpc) is 3.71. The molecule has 0 aliphatic carbocycles. The Labute approximate surface area is 270 Å². The molecule has 1 aromatic carbocycles. The van der Waals surface area contributed by atoms with E-state index in [1.807, 2.05) is 18.9 Å². The first-order valence-corrected chi connectivity index (χ1v) is 16.3. The summed E-state index contributed by atoms with van der Waals surface area (Å²) in [6.07, 6.45) is 1.80. The van der Waals surface area contributed by atoms with Crippen LogP contribution in [0.4, 0.5) is 13.2 Å². The van der Waals surface area contributed by atoms with Crippen molar-refractivity contribution in [1.82, 2.24) is 25.2 Å². The van der Waals surface area contributed by atoms with Crippen LogP contribution in [0.25, 0.3) is 0 Å². The smallest absolute Gasteiger partial charge is 0.338 e. The lowest BCUT2D eigenvalue weighted by Crippen LogP contribution is -2.52. The van der Waals surface area contributed by atoms with Crippen LogP contribution in [0.2, 0.25) is 0 Å². The number of aliphatic imine (C=N–C) groups is 1. The molecule has 0 amide bonds. The van der Waals surface area contributed by atoms with Crippen molar-refractivity contribution >= 4 is 29.1 Å². The van der Waals surface area contributed by atoms with Crippen LogP contribution in [0.1, 0.15) is 63.2 Å². The highest BCUT2D eigenvalue weighted by Crippen LogP contribution is 2.44. The lowest BCUT2D eigenvalue weighted by molar-refractivity contribution is -0.150. The number of hydrogen-bond acceptors (Lipinski definition) is 10. The average molecular weight is 663 g/mol. The van der Waals surface area contributed by atoms with Gasteiger partial charge in [0.05, 0.1) is 24.1 Å². The minimum absolute atomic E-state index is 0.0550. The number of likely N-dealkylation sites (tertiary alicyclic amines) is 1. The van der Waals surface area contributed by atoms with Crippen LogP contribution >= 0.6 is 11.3 Å². The van der Waals surface area contributed by atoms with Gasteiger partial charge in [0.1, 0.15) is 17.9 Å². The zero-order valence-electron chi connectivity index (χ0n) is 26.9. The van der Waals surface area contributed by atoms with Crippen molar-refractivity contribution in [3.05, 3.63) is 63.0 Å². The molecule has 2 saturated heterocycles. The molecule has 4 heterocycles. The summed E-state index contributed by atoms with van der Waals surface area (Å²) in [5, 5.41) is 18.7. The Morgan fingerprint density at radius 1 is 1.28 bits per heavy atom. The Kier molecular flexibility index (Phi) is 9.65. The van der Waals surface area contributed by atoms with Gasteiger partial charge in [0.25, 0.3) is 5.92 Å². The fourth-order valence-electron chi connectivity index (χ4n) is 6.47. The molecule has 0 bridgehead atoms. The fraction of sp³-hybridized carbons (Fsp3) is 0.562. The summed E-state index contributed by atoms with van der Waals surface area (Å²) in [4.78, 5) is 36.3. The highest BCUT2D eigenvalue weighted by atomic mass is 32.1. The molecule has 2 aromatic rings. The Morgan fingerprint density at radius 3 is 2.65 bits per heavy atom. The quantitative estimate of drug-likeness (QED) is 0.333. The van der Waals surface area contributed by atoms with Crippen LogP contribution in [-0.2, 0) is 14.3 Å². The van der Waals surface area contributed by atoms with Gasteiger partial charge in [-0.2, -0.15) is 0 Å². The van der Waals surface area contributed by atoms with E-state index in [1.165, 1.54) is 17.4 Å². The monoisotopic (exact) mass is 662 g/mol. The number of benzene rings is 1. The Bertz CT molecular complexity index is 1530. The number of carbonyl (C=O) groups excluding carboxylic acids is 1. The number of carboxylic acid groups (broad SMARTS) is 1. The second kappa shape index (κ2) is 13.1. The van der Waals surface area contributed by atoms with Gasteiger partial charge in [-0.15, -0.1) is 11.3 Å². The molecule has 250 valence electrons. The Morgan fingerprint density at radius 2 is 2.02 bits per heavy atom. The van der Waals surface area contributed by atoms with Crippen molar-refractivity contribution in [1.29, 1.82) is 0 Å². The lowest BCUT2D eigenvalue weighted by Gasteiger charge is -2.37. The molecule has 10 nitrogen and oxygen atoms in total. The number of aliphatic carboxylic acids is 1. The van der Waals surface area contributed by atoms with E-state index >= 15 is 8.78 Å². The molecule has 1 aromatic heterocycles. The number of carbonyl (C=O) groups is 2. The molecule has 2 N–H and O–H groups in total. The zero-order chi connectivity index (χ0) is 33.6. The second-order valence-corrected chi connectivity index (χ2v) is 13.8. The highest BCUT2D eigenvalue weighted by Gasteiger charge is 2.62. The number of alkyl halides is 2. The number of halogens is 3. The SMILES string of the molecule is CCOC(=O)C1=C(CN2CC(F)(F)C3C2CN(C(C)C)N3CCC(C)(C)C(=O)O)NC(c2nccs2)=N[C@H]1c1cccc(F)c1C. The lowest BCUT2D eigenvalue weighted by atomic mass is 9.89. The van der Waals surface area contributed by atoms with Gasteiger partial charge in [0.2, 0.25) is 0 Å². The second-order valence-electron chi connectivity index (χ2n) is 12.9. The van der Waals surface area contributed by atoms with E-state index in [9.17, 15) is 19.1 Å². The number of nitrogens with one attached hydrogen (secondary N) is 1. The van der Waals surface area contributed by atoms with E-state index in [2.05, 4.69) is 10.3 Å². The van der Waals surface area contributed by atoms with Crippen LogP contribution in [0.5, 0.6) is 0 Å². The molecular weight excluding hydrogens is 621 g/mol. The first-order valence-electron chi connectivity index (χ1n) is 15.4. The number of rotatable bonds is 11. The summed E-state index contributed by atoms with van der Waals surface area (Å²) in [6, 6.07) is 1.68. The molecular formula is C32H41F3N6O4S. The topological polar surface area (TPSA) is 111 Å². The number of ether oxygens (including phenoxy) is 1. The largest absolute Gasteiger partial charge is 0.481 e. The maximum absolute atomic E-state index is 16.1. The minimum atomic E-state index is -3.13. The zero-order valence-corrected chi connectivity index (χ0v) is 27.7. The summed E-state index contributed by atoms with van der Waals surface area (Å²) in [6.45, 7) is 10.2. The van der Waals surface area contributed by atoms with Crippen LogP contribution in [0.15, 0.2) is 46.0 Å². The van der Waals surface area contributed by atoms with Crippen LogP contribution in [-0.4, -0.2) is 99.6 Å². The van der Waals surface area contributed by atoms with Gasteiger partial charge >= 0.3 is 11.9 Å². The Balaban J connectivity index is 1.55. The Hall–Kier alpha value is -3.33. The molecule has 2 fully saturated rings. The van der Waals surface area contributed by atoms with Crippen molar-refractivity contribution in [2.45, 2.75) is 78.1 Å². The summed E-state index contributed by atoms with van der Waals surface area (Å²) < 4.78 is 52.4. The van der Waals surface area contributed by atoms with Crippen molar-refractivity contribution in [2.75, 3.05) is 32.8 Å². The van der Waals surface area contributed by atoms with Crippen LogP contribution in [0, 0.1) is 18.2 Å². The maximum Gasteiger partial charge on any atom is 0.338 e. The van der Waals surface area contributed by atoms with Crippen molar-refractivity contribution in [3.63, 3.8) is 0 Å². The number of fused-ring (bicyclic) bond motifs is 1. The van der Waals surface area contributed by atoms with Gasteiger partial charge in [-0.05, 0) is 65.2 Å². The molecule has 46 heavy (non-hydrogen) atoms. The number of hydrogen-bond donors (Lipinski definition) is 2. The minimum Gasteiger partial charge on any atom is -0.481 e. The van der Waals surface area contributed by atoms with E-state index in [0.29, 0.717) is 34.2 Å². The first-order chi connectivity index (χ1) is 21.7. The van der Waals surface area contributed by atoms with E-state index in [1.54, 1.807) is 61.3 Å². The number of hydrazine groups is 1. The third-order valence-corrected chi connectivity index (χ3v) is 9.85. The summed E-state index contributed by atoms with van der Waals surface area (Å²) in [5.74, 6) is -4.90. The summed E-state index contributed by atoms with van der Waals surface area (Å²) in [5.41, 5.74) is 0.148. The predicted octanol–water partition coefficient (Wildman–Crippen LogP) is 4.63. The normalized spacial score (nSPS) is 23.9. The van der Waals surface area contributed by atoms with Crippen LogP contribution in [0.3, 0.4) is 0 Å². The number of amidine groups is 1. The first kappa shape index (κ1) is 34.0. The molecule has 0 radical (unpaired) electrons. The predicted molar refractivity (Wildman–Crippen MR) is 168 cm³/mol. The number of aromatic nitrogens is 1. The number of carboxylic acids is 1. The molecule has 0 saturated carbocycles. The number of thiazole rings is 1. The van der Waals surface area contributed by atoms with Gasteiger partial charge in [-0.25, -0.2) is 33.0 Å². The van der Waals surface area contributed by atoms with Gasteiger partial charge in [-0.3, -0.25) is 14.7 Å². The van der Waals surface area contributed by atoms with E-state index < -0.39 is 53.8 Å². The molecule has 0 spiro atoms. The van der Waals surface area contributed by atoms with E-state index in [0.717, 1.165) is 0 Å². The standard InChI is InChI=1S/C32H41F3N6O4S/c1-7-45-29(42)24-22(37-27(28-36-12-14-46-28)38-25(24)20-9-8-10-21(33)19(20)4)15-39-17-32(34,35)26-23(39)16-41(18(2)3)40(26)13-11-31(5,6)30(43)44/h8-10,12,14,18,23,25-26H,7,11,13,15-17H2,1-6H3,(H,37,38)(H,43,44)/t23?,25-,26?/m0/s1. The van der Waals surface area contributed by atoms with Crippen LogP contribution < -0.4 is 5.32 Å². The third kappa shape index (κ3) is 6.44. The van der Waals surface area contributed by atoms with Gasteiger partial charge in [-0.1, -0.05) is 12.1 Å². The maximum atomic E-state index is 16.1. The van der Waals surface area contributed by atoms with Crippen molar-refractivity contribution in [2.24, 2.45) is 10.4 Å². The van der Waals surface area contributed by atoms with Gasteiger partial charge in [0, 0.05) is 49.0 Å². The fourth-order valence-corrected chi connectivity index (χ4v) is 7.06. The number of nitrogens with zero attached hydrogens (tertiary/aromatic N) is 5. The van der Waals surface area contributed by atoms with Crippen molar-refractivity contribution in [3.8, 4) is 0 Å². The van der Waals surface area contributed by atoms with E-state index in [-0.39, 0.29) is 37.7 Å². The highest BCUT2D eigenvalue weighted by molar-refractivity contribution is 7.11. The van der Waals surface area contributed by atoms with Gasteiger partial charge < -0.3 is 15.2 Å². The number of esters is 1. The third-order valence-electron chi connectivity index (χ3n) is 9.07.